The minimum atomic E-state index is -3.80. The number of halogens is 1. The van der Waals surface area contributed by atoms with E-state index in [1.807, 2.05) is 0 Å². The first-order chi connectivity index (χ1) is 9.96. The molecule has 1 fully saturated rings. The summed E-state index contributed by atoms with van der Waals surface area (Å²) in [7, 11) is -3.80. The highest BCUT2D eigenvalue weighted by molar-refractivity contribution is 7.99. The van der Waals surface area contributed by atoms with Gasteiger partial charge >= 0.3 is 5.97 Å². The molecular weight excluding hydrogens is 336 g/mol. The van der Waals surface area contributed by atoms with Gasteiger partial charge in [-0.2, -0.15) is 16.1 Å². The normalized spacial score (nSPS) is 20.2. The van der Waals surface area contributed by atoms with E-state index in [1.165, 1.54) is 34.4 Å². The molecule has 1 aliphatic heterocycles. The highest BCUT2D eigenvalue weighted by atomic mass is 35.5. The second-order valence-electron chi connectivity index (χ2n) is 4.27. The highest BCUT2D eigenvalue weighted by Crippen LogP contribution is 2.26. The van der Waals surface area contributed by atoms with E-state index < -0.39 is 22.0 Å². The Balaban J connectivity index is 2.34. The van der Waals surface area contributed by atoms with E-state index in [0.717, 1.165) is 0 Å². The lowest BCUT2D eigenvalue weighted by molar-refractivity contribution is -0.146. The van der Waals surface area contributed by atoms with Gasteiger partial charge in [-0.25, -0.2) is 13.4 Å². The molecule has 0 saturated carbocycles. The molecule has 0 spiro atoms. The van der Waals surface area contributed by atoms with Crippen molar-refractivity contribution >= 4 is 39.4 Å². The summed E-state index contributed by atoms with van der Waals surface area (Å²) in [5.41, 5.74) is 0. The van der Waals surface area contributed by atoms with Crippen molar-refractivity contribution in [3.8, 4) is 0 Å². The molecule has 1 aromatic rings. The Labute approximate surface area is 132 Å². The second-order valence-corrected chi connectivity index (χ2v) is 7.70. The molecule has 2 rings (SSSR count). The van der Waals surface area contributed by atoms with E-state index in [9.17, 15) is 13.2 Å². The fraction of sp³-hybridized carbons (Fsp3) is 0.500. The van der Waals surface area contributed by atoms with Crippen molar-refractivity contribution in [2.24, 2.45) is 0 Å². The van der Waals surface area contributed by atoms with Gasteiger partial charge in [0.15, 0.2) is 0 Å². The van der Waals surface area contributed by atoms with Gasteiger partial charge in [0.05, 0.1) is 11.5 Å². The Morgan fingerprint density at radius 1 is 1.62 bits per heavy atom. The molecule has 1 aromatic heterocycles. The van der Waals surface area contributed by atoms with E-state index in [0.29, 0.717) is 11.5 Å². The highest BCUT2D eigenvalue weighted by Gasteiger charge is 2.38. The second kappa shape index (κ2) is 6.95. The molecule has 1 unspecified atom stereocenters. The lowest BCUT2D eigenvalue weighted by Crippen LogP contribution is -2.50. The molecule has 1 saturated heterocycles. The fourth-order valence-corrected chi connectivity index (χ4v) is 5.05. The lowest BCUT2D eigenvalue weighted by Gasteiger charge is -2.32. The maximum Gasteiger partial charge on any atom is 0.325 e. The summed E-state index contributed by atoms with van der Waals surface area (Å²) in [4.78, 5) is 15.8. The summed E-state index contributed by atoms with van der Waals surface area (Å²) in [5.74, 6) is 0.499. The molecule has 6 nitrogen and oxygen atoms in total. The number of pyridine rings is 1. The Bertz CT molecular complexity index is 623. The van der Waals surface area contributed by atoms with Crippen LogP contribution in [-0.4, -0.2) is 54.4 Å². The number of ether oxygens (including phenoxy) is 1. The SMILES string of the molecule is CCOC(=O)C1CSCCN1S(=O)(=O)c1ccnc(Cl)c1. The Kier molecular flexibility index (Phi) is 5.48. The van der Waals surface area contributed by atoms with E-state index >= 15 is 0 Å². The average Bonchev–Trinajstić information content (AvgIpc) is 2.47. The first kappa shape index (κ1) is 16.5. The number of esters is 1. The van der Waals surface area contributed by atoms with Crippen LogP contribution in [0.15, 0.2) is 23.2 Å². The average molecular weight is 351 g/mol. The summed E-state index contributed by atoms with van der Waals surface area (Å²) in [6.45, 7) is 2.17. The third-order valence-electron chi connectivity index (χ3n) is 2.94. The van der Waals surface area contributed by atoms with Crippen molar-refractivity contribution in [2.75, 3.05) is 24.7 Å². The van der Waals surface area contributed by atoms with Crippen molar-refractivity contribution in [1.29, 1.82) is 0 Å². The van der Waals surface area contributed by atoms with Crippen molar-refractivity contribution in [1.82, 2.24) is 9.29 Å². The van der Waals surface area contributed by atoms with Gasteiger partial charge in [0, 0.05) is 24.2 Å². The van der Waals surface area contributed by atoms with Crippen LogP contribution in [0.2, 0.25) is 5.15 Å². The minimum absolute atomic E-state index is 0.0312. The minimum Gasteiger partial charge on any atom is -0.465 e. The number of hydrogen-bond donors (Lipinski definition) is 0. The standard InChI is InChI=1S/C12H15ClN2O4S2/c1-2-19-12(16)10-8-20-6-5-15(10)21(17,18)9-3-4-14-11(13)7-9/h3-4,7,10H,2,5-6,8H2,1H3. The van der Waals surface area contributed by atoms with Gasteiger partial charge in [-0.1, -0.05) is 11.6 Å². The number of carbonyl (C=O) groups is 1. The van der Waals surface area contributed by atoms with Crippen LogP contribution < -0.4 is 0 Å². The molecule has 0 N–H and O–H groups in total. The molecule has 2 heterocycles. The number of rotatable bonds is 4. The van der Waals surface area contributed by atoms with E-state index in [-0.39, 0.29) is 23.2 Å². The van der Waals surface area contributed by atoms with Gasteiger partial charge < -0.3 is 4.74 Å². The van der Waals surface area contributed by atoms with E-state index in [4.69, 9.17) is 16.3 Å². The fourth-order valence-electron chi connectivity index (χ4n) is 1.98. The zero-order valence-corrected chi connectivity index (χ0v) is 13.7. The molecule has 9 heteroatoms. The third-order valence-corrected chi connectivity index (χ3v) is 6.08. The molecule has 0 radical (unpaired) electrons. The predicted octanol–water partition coefficient (Wildman–Crippen LogP) is 1.40. The van der Waals surface area contributed by atoms with Crippen LogP contribution >= 0.6 is 23.4 Å². The van der Waals surface area contributed by atoms with Crippen LogP contribution in [0.4, 0.5) is 0 Å². The predicted molar refractivity (Wildman–Crippen MR) is 80.9 cm³/mol. The summed E-state index contributed by atoms with van der Waals surface area (Å²) in [6.07, 6.45) is 1.33. The first-order valence-electron chi connectivity index (χ1n) is 6.34. The Morgan fingerprint density at radius 2 is 2.38 bits per heavy atom. The number of carbonyl (C=O) groups excluding carboxylic acids is 1. The molecule has 0 aromatic carbocycles. The van der Waals surface area contributed by atoms with Crippen molar-refractivity contribution in [3.63, 3.8) is 0 Å². The van der Waals surface area contributed by atoms with Gasteiger partial charge in [-0.05, 0) is 19.1 Å². The monoisotopic (exact) mass is 350 g/mol. The Morgan fingerprint density at radius 3 is 3.05 bits per heavy atom. The van der Waals surface area contributed by atoms with Crippen LogP contribution in [0.25, 0.3) is 0 Å². The maximum atomic E-state index is 12.7. The van der Waals surface area contributed by atoms with Gasteiger partial charge in [0.1, 0.15) is 11.2 Å². The Hall–Kier alpha value is -0.830. The van der Waals surface area contributed by atoms with Crippen LogP contribution in [-0.2, 0) is 19.6 Å². The number of sulfonamides is 1. The van der Waals surface area contributed by atoms with Crippen LogP contribution in [0.1, 0.15) is 6.92 Å². The molecule has 21 heavy (non-hydrogen) atoms. The molecular formula is C12H15ClN2O4S2. The molecule has 1 aliphatic rings. The smallest absolute Gasteiger partial charge is 0.325 e. The van der Waals surface area contributed by atoms with E-state index in [1.54, 1.807) is 6.92 Å². The first-order valence-corrected chi connectivity index (χ1v) is 9.32. The zero-order valence-electron chi connectivity index (χ0n) is 11.4. The largest absolute Gasteiger partial charge is 0.465 e. The lowest BCUT2D eigenvalue weighted by atomic mass is 10.3. The number of thioether (sulfide) groups is 1. The summed E-state index contributed by atoms with van der Waals surface area (Å²) < 4.78 is 31.5. The summed E-state index contributed by atoms with van der Waals surface area (Å²) in [5, 5.41) is 0.0927. The van der Waals surface area contributed by atoms with Gasteiger partial charge in [-0.3, -0.25) is 4.79 Å². The molecule has 1 atom stereocenters. The van der Waals surface area contributed by atoms with Crippen molar-refractivity contribution < 1.29 is 17.9 Å². The van der Waals surface area contributed by atoms with E-state index in [2.05, 4.69) is 4.98 Å². The van der Waals surface area contributed by atoms with Gasteiger partial charge in [0.25, 0.3) is 0 Å². The van der Waals surface area contributed by atoms with Gasteiger partial charge in [-0.15, -0.1) is 0 Å². The zero-order chi connectivity index (χ0) is 15.5. The summed E-state index contributed by atoms with van der Waals surface area (Å²) in [6, 6.07) is 1.84. The molecule has 0 amide bonds. The van der Waals surface area contributed by atoms with Crippen molar-refractivity contribution in [2.45, 2.75) is 17.9 Å². The third kappa shape index (κ3) is 3.68. The molecule has 116 valence electrons. The van der Waals surface area contributed by atoms with Crippen LogP contribution in [0.3, 0.4) is 0 Å². The number of nitrogens with zero attached hydrogens (tertiary/aromatic N) is 2. The topological polar surface area (TPSA) is 76.6 Å². The number of aromatic nitrogens is 1. The van der Waals surface area contributed by atoms with Gasteiger partial charge in [0.2, 0.25) is 10.0 Å². The van der Waals surface area contributed by atoms with Crippen molar-refractivity contribution in [3.05, 3.63) is 23.5 Å². The summed E-state index contributed by atoms with van der Waals surface area (Å²) >= 11 is 7.28. The quantitative estimate of drug-likeness (QED) is 0.603. The molecule has 0 bridgehead atoms. The molecule has 0 aliphatic carbocycles. The number of hydrogen-bond acceptors (Lipinski definition) is 6. The van der Waals surface area contributed by atoms with Crippen LogP contribution in [0.5, 0.6) is 0 Å². The maximum absolute atomic E-state index is 12.7. The van der Waals surface area contributed by atoms with Crippen LogP contribution in [0, 0.1) is 0 Å².